The van der Waals surface area contributed by atoms with Gasteiger partial charge in [-0.3, -0.25) is 4.79 Å². The first-order valence-corrected chi connectivity index (χ1v) is 4.95. The molecule has 1 rings (SSSR count). The van der Waals surface area contributed by atoms with Crippen LogP contribution < -0.4 is 16.4 Å². The third-order valence-corrected chi connectivity index (χ3v) is 1.84. The summed E-state index contributed by atoms with van der Waals surface area (Å²) < 4.78 is 0. The van der Waals surface area contributed by atoms with Crippen LogP contribution in [0.5, 0.6) is 0 Å². The van der Waals surface area contributed by atoms with Crippen molar-refractivity contribution in [3.63, 3.8) is 0 Å². The lowest BCUT2D eigenvalue weighted by Crippen LogP contribution is -2.32. The standard InChI is InChI=1S/C10H16N4O/c1-2-12-6-7-13-10(15)8-4-3-5-9(11)14-8/h3-5,12H,2,6-7H2,1H3,(H2,11,14)(H,13,15). The van der Waals surface area contributed by atoms with E-state index in [1.54, 1.807) is 18.2 Å². The third-order valence-electron chi connectivity index (χ3n) is 1.84. The van der Waals surface area contributed by atoms with Crippen LogP contribution in [0.25, 0.3) is 0 Å². The lowest BCUT2D eigenvalue weighted by atomic mass is 10.3. The first-order valence-electron chi connectivity index (χ1n) is 4.95. The van der Waals surface area contributed by atoms with Gasteiger partial charge in [0.05, 0.1) is 0 Å². The molecule has 0 aliphatic heterocycles. The van der Waals surface area contributed by atoms with Crippen LogP contribution >= 0.6 is 0 Å². The van der Waals surface area contributed by atoms with E-state index in [0.29, 0.717) is 18.1 Å². The number of hydrogen-bond donors (Lipinski definition) is 3. The maximum absolute atomic E-state index is 11.5. The Balaban J connectivity index is 2.40. The van der Waals surface area contributed by atoms with Crippen molar-refractivity contribution in [2.75, 3.05) is 25.4 Å². The number of nitrogens with zero attached hydrogens (tertiary/aromatic N) is 1. The third kappa shape index (κ3) is 3.95. The maximum Gasteiger partial charge on any atom is 0.270 e. The Morgan fingerprint density at radius 2 is 2.27 bits per heavy atom. The van der Waals surface area contributed by atoms with E-state index in [0.717, 1.165) is 13.1 Å². The number of nitrogen functional groups attached to an aromatic ring is 1. The number of hydrogen-bond acceptors (Lipinski definition) is 4. The fraction of sp³-hybridized carbons (Fsp3) is 0.400. The predicted molar refractivity (Wildman–Crippen MR) is 59.5 cm³/mol. The first kappa shape index (κ1) is 11.5. The van der Waals surface area contributed by atoms with Crippen LogP contribution in [0.2, 0.25) is 0 Å². The van der Waals surface area contributed by atoms with Gasteiger partial charge in [-0.2, -0.15) is 0 Å². The molecule has 1 heterocycles. The van der Waals surface area contributed by atoms with Gasteiger partial charge in [0.25, 0.3) is 5.91 Å². The highest BCUT2D eigenvalue weighted by Gasteiger charge is 2.05. The summed E-state index contributed by atoms with van der Waals surface area (Å²) in [4.78, 5) is 15.4. The molecular weight excluding hydrogens is 192 g/mol. The van der Waals surface area contributed by atoms with Crippen molar-refractivity contribution in [2.45, 2.75) is 6.92 Å². The molecule has 5 heteroatoms. The van der Waals surface area contributed by atoms with Crippen molar-refractivity contribution in [1.82, 2.24) is 15.6 Å². The molecule has 0 spiro atoms. The first-order chi connectivity index (χ1) is 7.24. The number of carbonyl (C=O) groups is 1. The number of nitrogens with two attached hydrogens (primary N) is 1. The highest BCUT2D eigenvalue weighted by atomic mass is 16.1. The zero-order valence-electron chi connectivity index (χ0n) is 8.79. The number of anilines is 1. The number of likely N-dealkylation sites (N-methyl/N-ethyl adjacent to an activating group) is 1. The number of nitrogens with one attached hydrogen (secondary N) is 2. The quantitative estimate of drug-likeness (QED) is 0.595. The number of rotatable bonds is 5. The second-order valence-electron chi connectivity index (χ2n) is 3.06. The molecule has 1 aromatic rings. The molecule has 15 heavy (non-hydrogen) atoms. The Morgan fingerprint density at radius 3 is 2.93 bits per heavy atom. The monoisotopic (exact) mass is 208 g/mol. The molecule has 1 aromatic heterocycles. The summed E-state index contributed by atoms with van der Waals surface area (Å²) in [5.74, 6) is 0.162. The summed E-state index contributed by atoms with van der Waals surface area (Å²) in [5, 5.41) is 5.85. The van der Waals surface area contributed by atoms with E-state index in [2.05, 4.69) is 15.6 Å². The van der Waals surface area contributed by atoms with E-state index in [1.807, 2.05) is 6.92 Å². The van der Waals surface area contributed by atoms with Crippen LogP contribution in [-0.2, 0) is 0 Å². The fourth-order valence-corrected chi connectivity index (χ4v) is 1.11. The molecule has 1 amide bonds. The molecule has 0 atom stereocenters. The van der Waals surface area contributed by atoms with E-state index in [9.17, 15) is 4.79 Å². The predicted octanol–water partition coefficient (Wildman–Crippen LogP) is 0.00310. The average molecular weight is 208 g/mol. The van der Waals surface area contributed by atoms with Crippen LogP contribution in [-0.4, -0.2) is 30.5 Å². The lowest BCUT2D eigenvalue weighted by Gasteiger charge is -2.05. The maximum atomic E-state index is 11.5. The van der Waals surface area contributed by atoms with Gasteiger partial charge >= 0.3 is 0 Å². The van der Waals surface area contributed by atoms with Crippen LogP contribution in [0.15, 0.2) is 18.2 Å². The number of carbonyl (C=O) groups excluding carboxylic acids is 1. The van der Waals surface area contributed by atoms with Gasteiger partial charge in [-0.25, -0.2) is 4.98 Å². The smallest absolute Gasteiger partial charge is 0.270 e. The zero-order chi connectivity index (χ0) is 11.1. The molecule has 0 aliphatic rings. The van der Waals surface area contributed by atoms with Gasteiger partial charge in [0.15, 0.2) is 0 Å². The van der Waals surface area contributed by atoms with E-state index < -0.39 is 0 Å². The van der Waals surface area contributed by atoms with Gasteiger partial charge in [0.2, 0.25) is 0 Å². The number of amides is 1. The minimum Gasteiger partial charge on any atom is -0.384 e. The SMILES string of the molecule is CCNCCNC(=O)c1cccc(N)n1. The summed E-state index contributed by atoms with van der Waals surface area (Å²) >= 11 is 0. The van der Waals surface area contributed by atoms with Crippen molar-refractivity contribution in [3.05, 3.63) is 23.9 Å². The Labute approximate surface area is 89.1 Å². The summed E-state index contributed by atoms with van der Waals surface area (Å²) in [6.45, 7) is 4.25. The average Bonchev–Trinajstić information content (AvgIpc) is 2.24. The van der Waals surface area contributed by atoms with Crippen LogP contribution in [0.3, 0.4) is 0 Å². The Bertz CT molecular complexity index is 327. The van der Waals surface area contributed by atoms with E-state index in [1.165, 1.54) is 0 Å². The topological polar surface area (TPSA) is 80.0 Å². The summed E-state index contributed by atoms with van der Waals surface area (Å²) in [6.07, 6.45) is 0. The molecule has 0 saturated carbocycles. The largest absolute Gasteiger partial charge is 0.384 e. The zero-order valence-corrected chi connectivity index (χ0v) is 8.79. The molecule has 82 valence electrons. The minimum absolute atomic E-state index is 0.194. The molecule has 0 saturated heterocycles. The number of pyridine rings is 1. The molecule has 0 fully saturated rings. The van der Waals surface area contributed by atoms with E-state index in [4.69, 9.17) is 5.73 Å². The van der Waals surface area contributed by atoms with Gasteiger partial charge in [0.1, 0.15) is 11.5 Å². The van der Waals surface area contributed by atoms with Crippen molar-refractivity contribution in [3.8, 4) is 0 Å². The molecule has 4 N–H and O–H groups in total. The number of aromatic nitrogens is 1. The van der Waals surface area contributed by atoms with Gasteiger partial charge < -0.3 is 16.4 Å². The Kier molecular flexibility index (Phi) is 4.56. The van der Waals surface area contributed by atoms with Crippen molar-refractivity contribution >= 4 is 11.7 Å². The van der Waals surface area contributed by atoms with Crippen LogP contribution in [0.1, 0.15) is 17.4 Å². The Morgan fingerprint density at radius 1 is 1.47 bits per heavy atom. The van der Waals surface area contributed by atoms with Crippen molar-refractivity contribution in [1.29, 1.82) is 0 Å². The van der Waals surface area contributed by atoms with Gasteiger partial charge in [-0.15, -0.1) is 0 Å². The fourth-order valence-electron chi connectivity index (χ4n) is 1.11. The normalized spacial score (nSPS) is 9.93. The molecule has 0 aromatic carbocycles. The molecule has 0 unspecified atom stereocenters. The van der Waals surface area contributed by atoms with Crippen molar-refractivity contribution in [2.24, 2.45) is 0 Å². The lowest BCUT2D eigenvalue weighted by molar-refractivity contribution is 0.0949. The second kappa shape index (κ2) is 5.98. The van der Waals surface area contributed by atoms with Gasteiger partial charge in [-0.05, 0) is 18.7 Å². The van der Waals surface area contributed by atoms with Crippen LogP contribution in [0.4, 0.5) is 5.82 Å². The van der Waals surface area contributed by atoms with Crippen molar-refractivity contribution < 1.29 is 4.79 Å². The van der Waals surface area contributed by atoms with Gasteiger partial charge in [-0.1, -0.05) is 13.0 Å². The molecule has 5 nitrogen and oxygen atoms in total. The molecular formula is C10H16N4O. The minimum atomic E-state index is -0.194. The molecule has 0 bridgehead atoms. The van der Waals surface area contributed by atoms with Gasteiger partial charge in [0, 0.05) is 13.1 Å². The molecule has 0 radical (unpaired) electrons. The summed E-state index contributed by atoms with van der Waals surface area (Å²) in [5.41, 5.74) is 5.82. The summed E-state index contributed by atoms with van der Waals surface area (Å²) in [6, 6.07) is 5.00. The van der Waals surface area contributed by atoms with E-state index in [-0.39, 0.29) is 5.91 Å². The Hall–Kier alpha value is -1.62. The highest BCUT2D eigenvalue weighted by Crippen LogP contribution is 1.99. The highest BCUT2D eigenvalue weighted by molar-refractivity contribution is 5.92. The molecule has 0 aliphatic carbocycles. The van der Waals surface area contributed by atoms with Crippen LogP contribution in [0, 0.1) is 0 Å². The summed E-state index contributed by atoms with van der Waals surface area (Å²) in [7, 11) is 0. The second-order valence-corrected chi connectivity index (χ2v) is 3.06. The van der Waals surface area contributed by atoms with E-state index >= 15 is 0 Å².